The highest BCUT2D eigenvalue weighted by atomic mass is 19.4. The summed E-state index contributed by atoms with van der Waals surface area (Å²) in [5.41, 5.74) is 16.5. The molecule has 1 saturated carbocycles. The summed E-state index contributed by atoms with van der Waals surface area (Å²) in [7, 11) is 11.0. The highest BCUT2D eigenvalue weighted by Gasteiger charge is 2.32. The molecule has 0 radical (unpaired) electrons. The maximum atomic E-state index is 12.5. The van der Waals surface area contributed by atoms with E-state index in [1.807, 2.05) is 145 Å². The lowest BCUT2D eigenvalue weighted by atomic mass is 10.0. The molecule has 17 N–H and O–H groups in total. The molecular weight excluding hydrogens is 1860 g/mol. The highest BCUT2D eigenvalue weighted by Crippen LogP contribution is 2.37. The summed E-state index contributed by atoms with van der Waals surface area (Å²) in [4.78, 5) is 129. The van der Waals surface area contributed by atoms with Crippen molar-refractivity contribution in [2.24, 2.45) is 0 Å². The number of nitrogens with zero attached hydrogens (tertiary/aromatic N) is 10. The number of nitrogens with one attached hydrogen (secondary N) is 17. The minimum atomic E-state index is -4.80. The Labute approximate surface area is 842 Å². The van der Waals surface area contributed by atoms with Gasteiger partial charge in [-0.05, 0) is 196 Å². The predicted molar refractivity (Wildman–Crippen MR) is 564 cm³/mol. The Kier molecular flexibility index (Phi) is 37.0. The van der Waals surface area contributed by atoms with Gasteiger partial charge in [0.2, 0.25) is 0 Å². The van der Waals surface area contributed by atoms with Crippen LogP contribution >= 0.6 is 0 Å². The van der Waals surface area contributed by atoms with Crippen LogP contribution in [-0.2, 0) is 0 Å². The lowest BCUT2D eigenvalue weighted by molar-refractivity contribution is -0.274. The first kappa shape index (κ1) is 106. The molecule has 36 nitrogen and oxygen atoms in total. The number of carbonyl (C=O) groups is 7. The molecule has 0 atom stereocenters. The maximum absolute atomic E-state index is 12.5. The summed E-state index contributed by atoms with van der Waals surface area (Å²) in [6.45, 7) is 16.1. The van der Waals surface area contributed by atoms with Crippen molar-refractivity contribution in [3.63, 3.8) is 0 Å². The molecule has 1 aliphatic rings. The van der Waals surface area contributed by atoms with Crippen LogP contribution in [0.5, 0.6) is 11.5 Å². The number of aryl methyl sites for hydroxylation is 6. The first-order chi connectivity index (χ1) is 70.2. The van der Waals surface area contributed by atoms with Gasteiger partial charge in [-0.2, -0.15) is 0 Å². The molecule has 10 aromatic heterocycles. The average Bonchev–Trinajstić information content (AvgIpc) is 0.952. The topological polar surface area (TPSA) is 471 Å². The summed E-state index contributed by atoms with van der Waals surface area (Å²) in [5, 5.41) is 50.3. The lowest BCUT2D eigenvalue weighted by Crippen LogP contribution is -2.25. The number of anilines is 20. The normalized spacial score (nSPS) is 11.0. The van der Waals surface area contributed by atoms with Crippen molar-refractivity contribution >= 4 is 156 Å². The van der Waals surface area contributed by atoms with E-state index in [4.69, 9.17) is 4.74 Å². The monoisotopic (exact) mass is 1980 g/mol. The third-order valence-electron chi connectivity index (χ3n) is 21.6. The van der Waals surface area contributed by atoms with Crippen LogP contribution in [0, 0.1) is 41.5 Å². The number of amides is 7. The van der Waals surface area contributed by atoms with Crippen molar-refractivity contribution < 1.29 is 56.2 Å². The van der Waals surface area contributed by atoms with Gasteiger partial charge in [-0.15, -0.1) is 13.2 Å². The second-order valence-electron chi connectivity index (χ2n) is 33.3. The summed E-state index contributed by atoms with van der Waals surface area (Å²) in [5.74, 6) is 4.88. The first-order valence-corrected chi connectivity index (χ1v) is 46.0. The minimum Gasteiger partial charge on any atom is -0.495 e. The minimum absolute atomic E-state index is 0.0970. The molecule has 10 heterocycles. The van der Waals surface area contributed by atoms with Crippen LogP contribution in [-0.4, -0.2) is 153 Å². The van der Waals surface area contributed by atoms with E-state index in [1.165, 1.54) is 55.6 Å². The molecule has 15 aromatic rings. The number of benzene rings is 5. The molecule has 0 unspecified atom stereocenters. The average molecular weight is 1980 g/mol. The SMILES string of the molecule is CNC(=O)c1cccc(Nc2cc(Nc3ccc(C)cn3)ncc2C(=O)NC)c1.CNC(=O)c1cnc(Nc2ccc(C)cn2)cc1Nc1c(C)cccc1OC.CNC(=O)c1cnc(Nc2ccc(C)cn2)cc1Nc1cccc(C(=O)NC2CC2)c1.CNC(=O)c1cnc(Nc2ccc(C)cn2)cc1Nc1cccc(C(C)C)c1.CNC(=O)c1cnc(Nc2ccc(C)cn2)cc1Nc1cccc(OC(F)(F)F)c1. The Bertz CT molecular complexity index is 7090. The molecule has 0 aliphatic heterocycles. The zero-order valence-electron chi connectivity index (χ0n) is 82.8. The molecule has 5 aromatic carbocycles. The molecule has 1 fully saturated rings. The Morgan fingerprint density at radius 2 is 0.596 bits per heavy atom. The number of hydrogen-bond acceptors (Lipinski definition) is 29. The Morgan fingerprint density at radius 1 is 0.308 bits per heavy atom. The maximum Gasteiger partial charge on any atom is 0.573 e. The van der Waals surface area contributed by atoms with Crippen LogP contribution in [0.3, 0.4) is 0 Å². The molecule has 0 spiro atoms. The molecular formula is C107H112F3N27O9. The number of rotatable bonds is 31. The van der Waals surface area contributed by atoms with Crippen molar-refractivity contribution in [1.29, 1.82) is 0 Å². The van der Waals surface area contributed by atoms with Gasteiger partial charge in [0.1, 0.15) is 69.7 Å². The van der Waals surface area contributed by atoms with Crippen molar-refractivity contribution in [2.75, 3.05) is 103 Å². The van der Waals surface area contributed by atoms with Gasteiger partial charge in [-0.3, -0.25) is 33.6 Å². The van der Waals surface area contributed by atoms with E-state index in [0.717, 1.165) is 57.6 Å². The van der Waals surface area contributed by atoms with Crippen LogP contribution < -0.4 is 99.9 Å². The van der Waals surface area contributed by atoms with Gasteiger partial charge in [0.15, 0.2) is 0 Å². The number of carbonyl (C=O) groups excluding carboxylic acids is 7. The molecule has 750 valence electrons. The Morgan fingerprint density at radius 3 is 0.890 bits per heavy atom. The van der Waals surface area contributed by atoms with Crippen molar-refractivity contribution in [3.8, 4) is 11.5 Å². The van der Waals surface area contributed by atoms with E-state index in [-0.39, 0.29) is 52.8 Å². The van der Waals surface area contributed by atoms with E-state index in [9.17, 15) is 46.7 Å². The summed E-state index contributed by atoms with van der Waals surface area (Å²) in [6.07, 6.45) is 13.5. The van der Waals surface area contributed by atoms with E-state index in [2.05, 4.69) is 171 Å². The molecule has 16 rings (SSSR count). The second-order valence-corrected chi connectivity index (χ2v) is 33.3. The number of halogens is 3. The number of ether oxygens (including phenoxy) is 2. The van der Waals surface area contributed by atoms with Gasteiger partial charge in [-0.1, -0.05) is 86.6 Å². The molecule has 39 heteroatoms. The van der Waals surface area contributed by atoms with E-state index >= 15 is 0 Å². The van der Waals surface area contributed by atoms with Gasteiger partial charge in [0, 0.05) is 181 Å². The summed E-state index contributed by atoms with van der Waals surface area (Å²) < 4.78 is 46.8. The predicted octanol–water partition coefficient (Wildman–Crippen LogP) is 19.7. The van der Waals surface area contributed by atoms with E-state index in [1.54, 1.807) is 152 Å². The molecule has 0 saturated heterocycles. The zero-order chi connectivity index (χ0) is 105. The highest BCUT2D eigenvalue weighted by molar-refractivity contribution is 6.05. The number of methoxy groups -OCH3 is 1. The third-order valence-corrected chi connectivity index (χ3v) is 21.6. The molecule has 146 heavy (non-hydrogen) atoms. The van der Waals surface area contributed by atoms with Crippen molar-refractivity contribution in [2.45, 2.75) is 86.6 Å². The van der Waals surface area contributed by atoms with E-state index in [0.29, 0.717) is 149 Å². The van der Waals surface area contributed by atoms with Crippen molar-refractivity contribution in [1.82, 2.24) is 87.1 Å². The van der Waals surface area contributed by atoms with Crippen LogP contribution in [0.15, 0.2) is 268 Å². The Balaban J connectivity index is 0.000000162. The van der Waals surface area contributed by atoms with Crippen LogP contribution in [0.4, 0.5) is 128 Å². The van der Waals surface area contributed by atoms with Gasteiger partial charge >= 0.3 is 6.36 Å². The van der Waals surface area contributed by atoms with Crippen molar-refractivity contribution in [3.05, 3.63) is 346 Å². The Hall–Kier alpha value is -18.7. The largest absolute Gasteiger partial charge is 0.573 e. The van der Waals surface area contributed by atoms with Gasteiger partial charge in [-0.25, -0.2) is 49.8 Å². The fourth-order valence-corrected chi connectivity index (χ4v) is 13.7. The fraction of sp³-hybridized carbons (Fsp3) is 0.187. The second kappa shape index (κ2) is 50.9. The van der Waals surface area contributed by atoms with Gasteiger partial charge in [0.05, 0.1) is 69.1 Å². The molecule has 1 aliphatic carbocycles. The number of alkyl halides is 3. The molecule has 7 amide bonds. The molecule has 0 bridgehead atoms. The smallest absolute Gasteiger partial charge is 0.495 e. The number of para-hydroxylation sites is 1. The number of hydrogen-bond donors (Lipinski definition) is 17. The van der Waals surface area contributed by atoms with Crippen LogP contribution in [0.2, 0.25) is 0 Å². The van der Waals surface area contributed by atoms with E-state index < -0.39 is 12.3 Å². The quantitative estimate of drug-likeness (QED) is 0.0192. The van der Waals surface area contributed by atoms with Crippen LogP contribution in [0.1, 0.15) is 144 Å². The lowest BCUT2D eigenvalue weighted by Gasteiger charge is -2.17. The van der Waals surface area contributed by atoms with Gasteiger partial charge in [0.25, 0.3) is 41.4 Å². The number of pyridine rings is 10. The third kappa shape index (κ3) is 31.4. The zero-order valence-corrected chi connectivity index (χ0v) is 82.8. The standard InChI is InChI=1S/C23H24N6O2.C22H25N5O.C21H22N6O2.C21H23N5O2.C20H18F3N5O2/c1-14-6-9-20(25-12-14)29-21-11-19(18(13-26-21)23(31)24-2)27-17-5-3-4-15(10-17)22(30)28-16-7-8-16;1-14(2)16-6-5-7-17(10-16)26-19-11-21(25-13-18(19)22(28)23-4)27-20-9-8-15(3)12-24-20;1-13-7-8-18(24-11-13)27-19-10-17(16(12-25-19)21(29)23-3)26-15-6-4-5-14(9-15)20(28)22-2;1-13-8-9-18(23-11-13)26-19-10-16(15(12-24-19)21(27)22-3)25-20-14(2)6-5-7-17(20)28-4;1-12-6-7-17(25-10-12)28-18-9-16(15(11-26-18)19(29)24-2)27-13-4-3-5-14(8-13)30-20(21,22)23/h3-6,9-13,16H,7-8H2,1-2H3,(H,24,31)(H,28,30)(H2,25,26,27,29);5-14H,1-4H3,(H,23,28)(H2,24,25,26,27);4-12H,1-3H3,(H,22,28)(H,23,29)(H2,24,25,26,27);5-12H,1-4H3,(H,22,27)(H2,23,24,25,26);3-11H,1-2H3,(H,24,29)(H2,25,26,27,28). The summed E-state index contributed by atoms with van der Waals surface area (Å²) in [6, 6.07) is 61.3. The number of aromatic nitrogens is 10. The fourth-order valence-electron chi connectivity index (χ4n) is 13.7. The van der Waals surface area contributed by atoms with Gasteiger partial charge < -0.3 is 99.9 Å². The summed E-state index contributed by atoms with van der Waals surface area (Å²) >= 11 is 0. The first-order valence-electron chi connectivity index (χ1n) is 46.0. The van der Waals surface area contributed by atoms with Crippen LogP contribution in [0.25, 0.3) is 0 Å².